The fraction of sp³-hybridized carbons (Fsp3) is 0.462. The molecule has 0 saturated heterocycles. The van der Waals surface area contributed by atoms with Crippen LogP contribution in [0.15, 0.2) is 54.6 Å². The van der Waals surface area contributed by atoms with Gasteiger partial charge in [-0.3, -0.25) is 9.59 Å². The summed E-state index contributed by atoms with van der Waals surface area (Å²) in [6.07, 6.45) is 3.48. The van der Waals surface area contributed by atoms with Gasteiger partial charge in [-0.2, -0.15) is 0 Å². The van der Waals surface area contributed by atoms with Crippen LogP contribution in [0.4, 0.5) is 0 Å². The highest BCUT2D eigenvalue weighted by molar-refractivity contribution is 5.87. The van der Waals surface area contributed by atoms with Gasteiger partial charge in [0, 0.05) is 19.5 Å². The van der Waals surface area contributed by atoms with Gasteiger partial charge in [0.05, 0.1) is 6.61 Å². The quantitative estimate of drug-likeness (QED) is 0.466. The molecule has 2 rings (SSSR count). The molecule has 168 valence electrons. The van der Waals surface area contributed by atoms with Gasteiger partial charge in [-0.25, -0.2) is 0 Å². The lowest BCUT2D eigenvalue weighted by Crippen LogP contribution is -2.49. The number of hydrogen-bond acceptors (Lipinski definition) is 3. The molecule has 0 spiro atoms. The fourth-order valence-corrected chi connectivity index (χ4v) is 3.40. The molecule has 0 fully saturated rings. The number of nitrogens with one attached hydrogen (secondary N) is 1. The van der Waals surface area contributed by atoms with E-state index >= 15 is 0 Å². The molecule has 0 aliphatic rings. The largest absolute Gasteiger partial charge is 0.494 e. The molecule has 0 bridgehead atoms. The number of hydrogen-bond donors (Lipinski definition) is 1. The number of benzene rings is 2. The topological polar surface area (TPSA) is 58.6 Å². The van der Waals surface area contributed by atoms with E-state index in [-0.39, 0.29) is 11.8 Å². The van der Waals surface area contributed by atoms with Crippen LogP contribution in [0.5, 0.6) is 5.75 Å². The van der Waals surface area contributed by atoms with E-state index in [1.165, 1.54) is 5.56 Å². The summed E-state index contributed by atoms with van der Waals surface area (Å²) in [7, 11) is 0. The Labute approximate surface area is 186 Å². The normalized spacial score (nSPS) is 11.6. The van der Waals surface area contributed by atoms with Gasteiger partial charge < -0.3 is 15.0 Å². The second-order valence-electron chi connectivity index (χ2n) is 7.84. The predicted octanol–water partition coefficient (Wildman–Crippen LogP) is 4.88. The second kappa shape index (κ2) is 13.5. The first-order valence-corrected chi connectivity index (χ1v) is 11.4. The van der Waals surface area contributed by atoms with Gasteiger partial charge in [0.25, 0.3) is 0 Å². The third-order valence-electron chi connectivity index (χ3n) is 5.24. The maximum atomic E-state index is 13.1. The predicted molar refractivity (Wildman–Crippen MR) is 125 cm³/mol. The summed E-state index contributed by atoms with van der Waals surface area (Å²) >= 11 is 0. The first-order valence-electron chi connectivity index (χ1n) is 11.4. The molecule has 0 radical (unpaired) electrons. The molecule has 2 amide bonds. The zero-order chi connectivity index (χ0) is 22.5. The second-order valence-corrected chi connectivity index (χ2v) is 7.84. The van der Waals surface area contributed by atoms with Crippen molar-refractivity contribution in [2.45, 2.75) is 65.5 Å². The highest BCUT2D eigenvalue weighted by Crippen LogP contribution is 2.16. The Balaban J connectivity index is 1.99. The Morgan fingerprint density at radius 3 is 2.35 bits per heavy atom. The van der Waals surface area contributed by atoms with Crippen molar-refractivity contribution >= 4 is 11.8 Å². The van der Waals surface area contributed by atoms with Crippen molar-refractivity contribution < 1.29 is 14.3 Å². The van der Waals surface area contributed by atoms with Crippen LogP contribution in [-0.2, 0) is 16.1 Å². The Bertz CT molecular complexity index is 790. The Morgan fingerprint density at radius 1 is 1.00 bits per heavy atom. The smallest absolute Gasteiger partial charge is 0.242 e. The van der Waals surface area contributed by atoms with Crippen molar-refractivity contribution in [2.24, 2.45) is 0 Å². The van der Waals surface area contributed by atoms with Gasteiger partial charge in [-0.15, -0.1) is 0 Å². The first-order chi connectivity index (χ1) is 15.0. The van der Waals surface area contributed by atoms with Crippen LogP contribution in [-0.4, -0.2) is 35.9 Å². The van der Waals surface area contributed by atoms with Gasteiger partial charge in [0.2, 0.25) is 11.8 Å². The average Bonchev–Trinajstić information content (AvgIpc) is 2.78. The standard InChI is InChI=1S/C26H36N2O3/c1-4-6-18-27-26(30)24(5-2)28(20-22-11-8-7-9-12-22)25(29)13-10-19-31-23-16-14-21(3)15-17-23/h7-9,11-12,14-17,24H,4-6,10,13,18-20H2,1-3H3,(H,27,30)/t24-/m1/s1. The van der Waals surface area contributed by atoms with Gasteiger partial charge in [0.1, 0.15) is 11.8 Å². The molecule has 0 aliphatic heterocycles. The number of aryl methyl sites for hydroxylation is 1. The molecular weight excluding hydrogens is 388 g/mol. The maximum Gasteiger partial charge on any atom is 0.242 e. The Morgan fingerprint density at radius 2 is 1.71 bits per heavy atom. The van der Waals surface area contributed by atoms with Crippen molar-refractivity contribution in [2.75, 3.05) is 13.2 Å². The SMILES string of the molecule is CCCCNC(=O)[C@@H](CC)N(Cc1ccccc1)C(=O)CCCOc1ccc(C)cc1. The molecule has 0 saturated carbocycles. The number of carbonyl (C=O) groups excluding carboxylic acids is 2. The zero-order valence-corrected chi connectivity index (χ0v) is 19.1. The van der Waals surface area contributed by atoms with E-state index in [2.05, 4.69) is 12.2 Å². The minimum absolute atomic E-state index is 0.0196. The molecule has 0 aliphatic carbocycles. The molecule has 0 unspecified atom stereocenters. The lowest BCUT2D eigenvalue weighted by Gasteiger charge is -2.30. The summed E-state index contributed by atoms with van der Waals surface area (Å²) in [4.78, 5) is 27.7. The molecule has 2 aromatic carbocycles. The summed E-state index contributed by atoms with van der Waals surface area (Å²) in [5.74, 6) is 0.714. The summed E-state index contributed by atoms with van der Waals surface area (Å²) in [5.41, 5.74) is 2.20. The van der Waals surface area contributed by atoms with Crippen LogP contribution in [0, 0.1) is 6.92 Å². The number of carbonyl (C=O) groups is 2. The summed E-state index contributed by atoms with van der Waals surface area (Å²) in [5, 5.41) is 2.99. The fourth-order valence-electron chi connectivity index (χ4n) is 3.40. The molecule has 1 N–H and O–H groups in total. The summed E-state index contributed by atoms with van der Waals surface area (Å²) < 4.78 is 5.76. The van der Waals surface area contributed by atoms with Crippen molar-refractivity contribution in [3.05, 3.63) is 65.7 Å². The molecule has 0 aromatic heterocycles. The van der Waals surface area contributed by atoms with Crippen LogP contribution in [0.25, 0.3) is 0 Å². The lowest BCUT2D eigenvalue weighted by molar-refractivity contribution is -0.141. The highest BCUT2D eigenvalue weighted by Gasteiger charge is 2.28. The molecule has 31 heavy (non-hydrogen) atoms. The number of unbranched alkanes of at least 4 members (excludes halogenated alkanes) is 1. The van der Waals surface area contributed by atoms with E-state index in [4.69, 9.17) is 4.74 Å². The minimum Gasteiger partial charge on any atom is -0.494 e. The summed E-state index contributed by atoms with van der Waals surface area (Å²) in [6, 6.07) is 17.3. The monoisotopic (exact) mass is 424 g/mol. The third kappa shape index (κ3) is 8.44. The molecule has 0 heterocycles. The molecule has 1 atom stereocenters. The third-order valence-corrected chi connectivity index (χ3v) is 5.24. The summed E-state index contributed by atoms with van der Waals surface area (Å²) in [6.45, 7) is 7.62. The van der Waals surface area contributed by atoms with E-state index in [1.807, 2.05) is 68.4 Å². The Hall–Kier alpha value is -2.82. The number of amides is 2. The van der Waals surface area contributed by atoms with Crippen LogP contribution in [0.3, 0.4) is 0 Å². The van der Waals surface area contributed by atoms with E-state index in [0.29, 0.717) is 39.0 Å². The number of ether oxygens (including phenoxy) is 1. The van der Waals surface area contributed by atoms with Crippen LogP contribution < -0.4 is 10.1 Å². The molecular formula is C26H36N2O3. The zero-order valence-electron chi connectivity index (χ0n) is 19.1. The van der Waals surface area contributed by atoms with E-state index in [1.54, 1.807) is 4.90 Å². The highest BCUT2D eigenvalue weighted by atomic mass is 16.5. The van der Waals surface area contributed by atoms with Crippen LogP contribution in [0.2, 0.25) is 0 Å². The lowest BCUT2D eigenvalue weighted by atomic mass is 10.1. The number of nitrogens with zero attached hydrogens (tertiary/aromatic N) is 1. The van der Waals surface area contributed by atoms with Crippen molar-refractivity contribution in [1.82, 2.24) is 10.2 Å². The van der Waals surface area contributed by atoms with Gasteiger partial charge in [0.15, 0.2) is 0 Å². The molecule has 5 nitrogen and oxygen atoms in total. The van der Waals surface area contributed by atoms with Crippen molar-refractivity contribution in [3.63, 3.8) is 0 Å². The molecule has 2 aromatic rings. The average molecular weight is 425 g/mol. The Kier molecular flexibility index (Phi) is 10.6. The molecule has 5 heteroatoms. The van der Waals surface area contributed by atoms with E-state index in [0.717, 1.165) is 24.2 Å². The van der Waals surface area contributed by atoms with Gasteiger partial charge in [-0.1, -0.05) is 68.3 Å². The van der Waals surface area contributed by atoms with Crippen molar-refractivity contribution in [1.29, 1.82) is 0 Å². The number of rotatable bonds is 13. The first kappa shape index (κ1) is 24.4. The van der Waals surface area contributed by atoms with Gasteiger partial charge in [-0.05, 0) is 43.9 Å². The minimum atomic E-state index is -0.470. The van der Waals surface area contributed by atoms with Crippen LogP contribution >= 0.6 is 0 Å². The van der Waals surface area contributed by atoms with Crippen LogP contribution in [0.1, 0.15) is 57.1 Å². The van der Waals surface area contributed by atoms with Crippen molar-refractivity contribution in [3.8, 4) is 5.75 Å². The maximum absolute atomic E-state index is 13.1. The van der Waals surface area contributed by atoms with E-state index in [9.17, 15) is 9.59 Å². The van der Waals surface area contributed by atoms with Gasteiger partial charge >= 0.3 is 0 Å². The van der Waals surface area contributed by atoms with E-state index < -0.39 is 6.04 Å².